The Bertz CT molecular complexity index is 175. The first-order chi connectivity index (χ1) is 4.20. The Labute approximate surface area is 57.3 Å². The summed E-state index contributed by atoms with van der Waals surface area (Å²) in [4.78, 5) is 0. The molecule has 0 heterocycles. The summed E-state index contributed by atoms with van der Waals surface area (Å²) in [6.45, 7) is 5.95. The Morgan fingerprint density at radius 2 is 2.00 bits per heavy atom. The number of rotatable bonds is 1. The lowest BCUT2D eigenvalue weighted by Gasteiger charge is -1.88. The van der Waals surface area contributed by atoms with Gasteiger partial charge in [0.2, 0.25) is 0 Å². The van der Waals surface area contributed by atoms with Crippen LogP contribution < -0.4 is 0 Å². The van der Waals surface area contributed by atoms with Gasteiger partial charge in [-0.05, 0) is 32.4 Å². The monoisotopic (exact) mass is 120 g/mol. The van der Waals surface area contributed by atoms with Crippen LogP contribution in [0.3, 0.4) is 0 Å². The van der Waals surface area contributed by atoms with E-state index in [1.807, 2.05) is 32.9 Å². The standard InChI is InChI=1S/C9H12/c1-5-8(3)7-9(4)6-2/h1,6-7H,2-4H3/b8-7+,9-6+. The van der Waals surface area contributed by atoms with Crippen LogP contribution in [-0.4, -0.2) is 0 Å². The van der Waals surface area contributed by atoms with Crippen LogP contribution in [0.25, 0.3) is 0 Å². The molecule has 0 radical (unpaired) electrons. The summed E-state index contributed by atoms with van der Waals surface area (Å²) in [6.07, 6.45) is 9.14. The van der Waals surface area contributed by atoms with Gasteiger partial charge in [0, 0.05) is 0 Å². The third-order valence-electron chi connectivity index (χ3n) is 1.13. The normalized spacial score (nSPS) is 13.1. The predicted octanol–water partition coefficient (Wildman–Crippen LogP) is 2.53. The molecule has 0 fully saturated rings. The molecular formula is C9H12. The molecule has 0 aromatic heterocycles. The van der Waals surface area contributed by atoms with E-state index in [-0.39, 0.29) is 0 Å². The lowest BCUT2D eigenvalue weighted by atomic mass is 10.2. The second-order valence-electron chi connectivity index (χ2n) is 2.00. The van der Waals surface area contributed by atoms with Gasteiger partial charge in [-0.25, -0.2) is 0 Å². The van der Waals surface area contributed by atoms with E-state index in [1.54, 1.807) is 0 Å². The topological polar surface area (TPSA) is 0 Å². The fourth-order valence-corrected chi connectivity index (χ4v) is 0.467. The number of hydrogen-bond acceptors (Lipinski definition) is 0. The van der Waals surface area contributed by atoms with Crippen LogP contribution in [0.5, 0.6) is 0 Å². The summed E-state index contributed by atoms with van der Waals surface area (Å²) in [7, 11) is 0. The molecule has 0 aromatic carbocycles. The van der Waals surface area contributed by atoms with Crippen molar-refractivity contribution in [1.29, 1.82) is 0 Å². The van der Waals surface area contributed by atoms with E-state index in [2.05, 4.69) is 5.92 Å². The fraction of sp³-hybridized carbons (Fsp3) is 0.333. The van der Waals surface area contributed by atoms with Gasteiger partial charge in [-0.3, -0.25) is 0 Å². The molecule has 0 saturated carbocycles. The molecule has 0 spiro atoms. The highest BCUT2D eigenvalue weighted by molar-refractivity contribution is 5.30. The van der Waals surface area contributed by atoms with E-state index in [0.29, 0.717) is 0 Å². The first kappa shape index (κ1) is 8.04. The van der Waals surface area contributed by atoms with Crippen molar-refractivity contribution in [3.05, 3.63) is 23.3 Å². The van der Waals surface area contributed by atoms with Crippen LogP contribution in [0.15, 0.2) is 23.3 Å². The smallest absolute Gasteiger partial charge is 0.00110 e. The van der Waals surface area contributed by atoms with Crippen molar-refractivity contribution >= 4 is 0 Å². The van der Waals surface area contributed by atoms with Crippen LogP contribution in [0.1, 0.15) is 20.8 Å². The van der Waals surface area contributed by atoms with Gasteiger partial charge in [-0.15, -0.1) is 6.42 Å². The van der Waals surface area contributed by atoms with E-state index in [1.165, 1.54) is 5.57 Å². The largest absolute Gasteiger partial charge is 0.115 e. The highest BCUT2D eigenvalue weighted by Crippen LogP contribution is 1.98. The average molecular weight is 120 g/mol. The Hall–Kier alpha value is -0.960. The molecule has 48 valence electrons. The summed E-state index contributed by atoms with van der Waals surface area (Å²) >= 11 is 0. The van der Waals surface area contributed by atoms with Crippen molar-refractivity contribution < 1.29 is 0 Å². The second kappa shape index (κ2) is 3.97. The molecule has 0 nitrogen and oxygen atoms in total. The van der Waals surface area contributed by atoms with Crippen molar-refractivity contribution in [2.45, 2.75) is 20.8 Å². The van der Waals surface area contributed by atoms with E-state index in [9.17, 15) is 0 Å². The molecule has 0 atom stereocenters. The zero-order valence-electron chi connectivity index (χ0n) is 6.23. The molecule has 0 saturated heterocycles. The molecule has 0 amide bonds. The zero-order valence-corrected chi connectivity index (χ0v) is 6.23. The minimum Gasteiger partial charge on any atom is -0.115 e. The molecule has 0 N–H and O–H groups in total. The Morgan fingerprint density at radius 1 is 1.44 bits per heavy atom. The maximum atomic E-state index is 5.13. The quantitative estimate of drug-likeness (QED) is 0.368. The van der Waals surface area contributed by atoms with Gasteiger partial charge >= 0.3 is 0 Å². The average Bonchev–Trinajstić information content (AvgIpc) is 1.87. The summed E-state index contributed by atoms with van der Waals surface area (Å²) in [5.41, 5.74) is 2.19. The molecule has 0 bridgehead atoms. The van der Waals surface area contributed by atoms with Crippen LogP contribution in [0.4, 0.5) is 0 Å². The van der Waals surface area contributed by atoms with Crippen LogP contribution >= 0.6 is 0 Å². The summed E-state index contributed by atoms with van der Waals surface area (Å²) in [5, 5.41) is 0. The van der Waals surface area contributed by atoms with Crippen LogP contribution in [0.2, 0.25) is 0 Å². The lowest BCUT2D eigenvalue weighted by molar-refractivity contribution is 1.43. The first-order valence-corrected chi connectivity index (χ1v) is 2.98. The number of terminal acetylenes is 1. The van der Waals surface area contributed by atoms with Crippen LogP contribution in [-0.2, 0) is 0 Å². The van der Waals surface area contributed by atoms with Gasteiger partial charge in [-0.1, -0.05) is 17.6 Å². The van der Waals surface area contributed by atoms with Crippen molar-refractivity contribution in [3.8, 4) is 12.3 Å². The third-order valence-corrected chi connectivity index (χ3v) is 1.13. The number of allylic oxidation sites excluding steroid dienone is 4. The molecule has 0 aromatic rings. The summed E-state index contributed by atoms with van der Waals surface area (Å²) in [6, 6.07) is 0. The predicted molar refractivity (Wildman–Crippen MR) is 42.0 cm³/mol. The SMILES string of the molecule is C#C/C(C)=C/C(C)=C/C. The Kier molecular flexibility index (Phi) is 3.55. The molecule has 0 aliphatic carbocycles. The zero-order chi connectivity index (χ0) is 7.28. The minimum atomic E-state index is 0.977. The van der Waals surface area contributed by atoms with E-state index < -0.39 is 0 Å². The molecule has 0 unspecified atom stereocenters. The van der Waals surface area contributed by atoms with Gasteiger partial charge in [0.1, 0.15) is 0 Å². The molecule has 0 rings (SSSR count). The fourth-order valence-electron chi connectivity index (χ4n) is 0.467. The maximum absolute atomic E-state index is 5.13. The Balaban J connectivity index is 4.17. The Morgan fingerprint density at radius 3 is 2.33 bits per heavy atom. The van der Waals surface area contributed by atoms with E-state index in [4.69, 9.17) is 6.42 Å². The lowest BCUT2D eigenvalue weighted by Crippen LogP contribution is -1.70. The third kappa shape index (κ3) is 3.61. The second-order valence-corrected chi connectivity index (χ2v) is 2.00. The maximum Gasteiger partial charge on any atom is -0.00110 e. The summed E-state index contributed by atoms with van der Waals surface area (Å²) < 4.78 is 0. The highest BCUT2D eigenvalue weighted by Gasteiger charge is 1.80. The highest BCUT2D eigenvalue weighted by atomic mass is 13.9. The molecule has 0 aliphatic rings. The molecule has 0 heteroatoms. The summed E-state index contributed by atoms with van der Waals surface area (Å²) in [5.74, 6) is 2.55. The van der Waals surface area contributed by atoms with Crippen LogP contribution in [0, 0.1) is 12.3 Å². The van der Waals surface area contributed by atoms with Crippen molar-refractivity contribution in [2.24, 2.45) is 0 Å². The first-order valence-electron chi connectivity index (χ1n) is 2.98. The van der Waals surface area contributed by atoms with Gasteiger partial charge in [0.05, 0.1) is 0 Å². The van der Waals surface area contributed by atoms with Gasteiger partial charge < -0.3 is 0 Å². The minimum absolute atomic E-state index is 0.977. The van der Waals surface area contributed by atoms with Crippen molar-refractivity contribution in [3.63, 3.8) is 0 Å². The molecular weight excluding hydrogens is 108 g/mol. The van der Waals surface area contributed by atoms with Gasteiger partial charge in [0.15, 0.2) is 0 Å². The van der Waals surface area contributed by atoms with Gasteiger partial charge in [-0.2, -0.15) is 0 Å². The van der Waals surface area contributed by atoms with Crippen molar-refractivity contribution in [1.82, 2.24) is 0 Å². The van der Waals surface area contributed by atoms with E-state index in [0.717, 1.165) is 5.57 Å². The van der Waals surface area contributed by atoms with Crippen molar-refractivity contribution in [2.75, 3.05) is 0 Å². The molecule has 9 heavy (non-hydrogen) atoms. The van der Waals surface area contributed by atoms with E-state index >= 15 is 0 Å². The number of hydrogen-bond donors (Lipinski definition) is 0. The molecule has 0 aliphatic heterocycles. The van der Waals surface area contributed by atoms with Gasteiger partial charge in [0.25, 0.3) is 0 Å².